The number of benzene rings is 1. The molecule has 0 fully saturated rings. The fourth-order valence-corrected chi connectivity index (χ4v) is 1.80. The molecule has 2 N–H and O–H groups in total. The fraction of sp³-hybridized carbons (Fsp3) is 0.125. The molecular weight excluding hydrogens is 156 g/mol. The van der Waals surface area contributed by atoms with E-state index in [-0.39, 0.29) is 0 Å². The van der Waals surface area contributed by atoms with Crippen LogP contribution in [0, 0.1) is 6.92 Å². The van der Waals surface area contributed by atoms with Crippen molar-refractivity contribution < 1.29 is 0 Å². The molecule has 0 saturated heterocycles. The molecule has 0 amide bonds. The van der Waals surface area contributed by atoms with Crippen molar-refractivity contribution in [1.82, 2.24) is 4.37 Å². The lowest BCUT2D eigenvalue weighted by atomic mass is 10.1. The molecule has 0 saturated carbocycles. The van der Waals surface area contributed by atoms with Gasteiger partial charge in [0.15, 0.2) is 0 Å². The number of aromatic nitrogens is 1. The van der Waals surface area contributed by atoms with Gasteiger partial charge in [-0.15, -0.1) is 0 Å². The number of nitrogens with two attached hydrogens (primary N) is 1. The van der Waals surface area contributed by atoms with Crippen LogP contribution in [0.15, 0.2) is 18.3 Å². The summed E-state index contributed by atoms with van der Waals surface area (Å²) >= 11 is 1.50. The van der Waals surface area contributed by atoms with Gasteiger partial charge in [0.25, 0.3) is 0 Å². The average molecular weight is 164 g/mol. The van der Waals surface area contributed by atoms with E-state index in [0.29, 0.717) is 0 Å². The van der Waals surface area contributed by atoms with Gasteiger partial charge in [-0.1, -0.05) is 0 Å². The SMILES string of the molecule is Cc1c(N)ccc2sncc12. The molecule has 2 rings (SSSR count). The largest absolute Gasteiger partial charge is 0.398 e. The smallest absolute Gasteiger partial charge is 0.0554 e. The Labute approximate surface area is 68.8 Å². The number of hydrogen-bond donors (Lipinski definition) is 1. The third-order valence-corrected chi connectivity index (χ3v) is 2.61. The van der Waals surface area contributed by atoms with Gasteiger partial charge < -0.3 is 5.73 Å². The van der Waals surface area contributed by atoms with Gasteiger partial charge in [-0.05, 0) is 36.2 Å². The monoisotopic (exact) mass is 164 g/mol. The number of aryl methyl sites for hydroxylation is 1. The van der Waals surface area contributed by atoms with Crippen LogP contribution in [0.1, 0.15) is 5.56 Å². The van der Waals surface area contributed by atoms with Gasteiger partial charge in [0.05, 0.1) is 4.70 Å². The van der Waals surface area contributed by atoms with Gasteiger partial charge in [-0.3, -0.25) is 0 Å². The lowest BCUT2D eigenvalue weighted by Gasteiger charge is -1.98. The maximum atomic E-state index is 5.72. The molecule has 3 heteroatoms. The number of hydrogen-bond acceptors (Lipinski definition) is 3. The topological polar surface area (TPSA) is 38.9 Å². The molecule has 0 spiro atoms. The molecular formula is C8H8N2S. The molecule has 56 valence electrons. The number of fused-ring (bicyclic) bond motifs is 1. The van der Waals surface area contributed by atoms with Crippen LogP contribution in [-0.2, 0) is 0 Å². The van der Waals surface area contributed by atoms with Crippen molar-refractivity contribution in [2.24, 2.45) is 0 Å². The summed E-state index contributed by atoms with van der Waals surface area (Å²) < 4.78 is 5.29. The molecule has 0 bridgehead atoms. The van der Waals surface area contributed by atoms with Crippen LogP contribution in [0.25, 0.3) is 10.1 Å². The highest BCUT2D eigenvalue weighted by Gasteiger charge is 2.01. The van der Waals surface area contributed by atoms with Crippen LogP contribution >= 0.6 is 11.5 Å². The Kier molecular flexibility index (Phi) is 1.32. The second-order valence-corrected chi connectivity index (χ2v) is 3.35. The van der Waals surface area contributed by atoms with E-state index in [2.05, 4.69) is 4.37 Å². The standard InChI is InChI=1S/C8H8N2S/c1-5-6-4-10-11-8(6)3-2-7(5)9/h2-4H,9H2,1H3. The molecule has 0 aliphatic heterocycles. The first-order valence-corrected chi connectivity index (χ1v) is 4.16. The molecule has 1 aromatic carbocycles. The summed E-state index contributed by atoms with van der Waals surface area (Å²) in [6.45, 7) is 2.02. The molecule has 0 atom stereocenters. The normalized spacial score (nSPS) is 10.6. The van der Waals surface area contributed by atoms with E-state index in [1.807, 2.05) is 25.3 Å². The minimum Gasteiger partial charge on any atom is -0.398 e. The average Bonchev–Trinajstić information content (AvgIpc) is 2.45. The quantitative estimate of drug-likeness (QED) is 0.606. The van der Waals surface area contributed by atoms with Crippen molar-refractivity contribution in [2.45, 2.75) is 6.92 Å². The minimum absolute atomic E-state index is 0.845. The first kappa shape index (κ1) is 6.61. The lowest BCUT2D eigenvalue weighted by molar-refractivity contribution is 1.51. The summed E-state index contributed by atoms with van der Waals surface area (Å²) in [6, 6.07) is 3.94. The third-order valence-electron chi connectivity index (χ3n) is 1.85. The Morgan fingerprint density at radius 1 is 1.45 bits per heavy atom. The number of rotatable bonds is 0. The van der Waals surface area contributed by atoms with Crippen LogP contribution in [0.3, 0.4) is 0 Å². The molecule has 2 aromatic rings. The van der Waals surface area contributed by atoms with Crippen molar-refractivity contribution in [3.8, 4) is 0 Å². The van der Waals surface area contributed by atoms with E-state index in [9.17, 15) is 0 Å². The second-order valence-electron chi connectivity index (χ2n) is 2.52. The zero-order chi connectivity index (χ0) is 7.84. The predicted molar refractivity (Wildman–Crippen MR) is 48.8 cm³/mol. The Hall–Kier alpha value is -1.09. The first-order chi connectivity index (χ1) is 5.29. The maximum absolute atomic E-state index is 5.72. The van der Waals surface area contributed by atoms with Gasteiger partial charge >= 0.3 is 0 Å². The molecule has 11 heavy (non-hydrogen) atoms. The Morgan fingerprint density at radius 2 is 2.27 bits per heavy atom. The highest BCUT2D eigenvalue weighted by Crippen LogP contribution is 2.25. The van der Waals surface area contributed by atoms with Gasteiger partial charge in [-0.2, -0.15) is 4.37 Å². The van der Waals surface area contributed by atoms with E-state index < -0.39 is 0 Å². The van der Waals surface area contributed by atoms with E-state index in [4.69, 9.17) is 5.73 Å². The minimum atomic E-state index is 0.845. The highest BCUT2D eigenvalue weighted by molar-refractivity contribution is 7.13. The molecule has 0 unspecified atom stereocenters. The van der Waals surface area contributed by atoms with Gasteiger partial charge in [-0.25, -0.2) is 0 Å². The van der Waals surface area contributed by atoms with Gasteiger partial charge in [0.2, 0.25) is 0 Å². The number of anilines is 1. The third kappa shape index (κ3) is 0.886. The zero-order valence-electron chi connectivity index (χ0n) is 6.16. The molecule has 0 aliphatic carbocycles. The van der Waals surface area contributed by atoms with Crippen LogP contribution in [-0.4, -0.2) is 4.37 Å². The fourth-order valence-electron chi connectivity index (χ4n) is 1.10. The lowest BCUT2D eigenvalue weighted by Crippen LogP contribution is -1.87. The van der Waals surface area contributed by atoms with Crippen LogP contribution in [0.4, 0.5) is 5.69 Å². The van der Waals surface area contributed by atoms with E-state index in [0.717, 1.165) is 11.3 Å². The van der Waals surface area contributed by atoms with Crippen LogP contribution < -0.4 is 5.73 Å². The second kappa shape index (κ2) is 2.20. The van der Waals surface area contributed by atoms with Crippen molar-refractivity contribution in [2.75, 3.05) is 5.73 Å². The highest BCUT2D eigenvalue weighted by atomic mass is 32.1. The summed E-state index contributed by atoms with van der Waals surface area (Å²) in [5.74, 6) is 0. The molecule has 1 heterocycles. The molecule has 0 aliphatic rings. The maximum Gasteiger partial charge on any atom is 0.0554 e. The predicted octanol–water partition coefficient (Wildman–Crippen LogP) is 2.19. The van der Waals surface area contributed by atoms with Crippen LogP contribution in [0.5, 0.6) is 0 Å². The van der Waals surface area contributed by atoms with Crippen molar-refractivity contribution in [3.63, 3.8) is 0 Å². The van der Waals surface area contributed by atoms with Gasteiger partial charge in [0, 0.05) is 17.3 Å². The van der Waals surface area contributed by atoms with Crippen molar-refractivity contribution in [1.29, 1.82) is 0 Å². The van der Waals surface area contributed by atoms with E-state index in [1.165, 1.54) is 21.6 Å². The molecule has 2 nitrogen and oxygen atoms in total. The molecule has 0 radical (unpaired) electrons. The number of nitrogen functional groups attached to an aromatic ring is 1. The summed E-state index contributed by atoms with van der Waals surface area (Å²) in [6.07, 6.45) is 1.87. The Bertz CT molecular complexity index is 392. The first-order valence-electron chi connectivity index (χ1n) is 3.38. The van der Waals surface area contributed by atoms with E-state index in [1.54, 1.807) is 0 Å². The number of nitrogens with zero attached hydrogens (tertiary/aromatic N) is 1. The summed E-state index contributed by atoms with van der Waals surface area (Å²) in [5, 5.41) is 1.18. The van der Waals surface area contributed by atoms with E-state index >= 15 is 0 Å². The Morgan fingerprint density at radius 3 is 3.09 bits per heavy atom. The van der Waals surface area contributed by atoms with Crippen molar-refractivity contribution in [3.05, 3.63) is 23.9 Å². The van der Waals surface area contributed by atoms with Gasteiger partial charge in [0.1, 0.15) is 0 Å². The van der Waals surface area contributed by atoms with Crippen LogP contribution in [0.2, 0.25) is 0 Å². The zero-order valence-corrected chi connectivity index (χ0v) is 6.98. The summed E-state index contributed by atoms with van der Waals surface area (Å²) in [4.78, 5) is 0. The summed E-state index contributed by atoms with van der Waals surface area (Å²) in [7, 11) is 0. The Balaban J connectivity index is 2.93. The summed E-state index contributed by atoms with van der Waals surface area (Å²) in [5.41, 5.74) is 7.70. The molecule has 1 aromatic heterocycles. The van der Waals surface area contributed by atoms with Crippen molar-refractivity contribution >= 4 is 27.3 Å².